The summed E-state index contributed by atoms with van der Waals surface area (Å²) >= 11 is 7.61. The molecule has 2 aromatic heterocycles. The van der Waals surface area contributed by atoms with Crippen LogP contribution in [0.5, 0.6) is 11.5 Å². The summed E-state index contributed by atoms with van der Waals surface area (Å²) in [6, 6.07) is 6.08. The molecule has 5 rings (SSSR count). The van der Waals surface area contributed by atoms with Crippen molar-refractivity contribution in [1.29, 1.82) is 0 Å². The third-order valence-corrected chi connectivity index (χ3v) is 5.96. The van der Waals surface area contributed by atoms with Crippen molar-refractivity contribution >= 4 is 44.1 Å². The lowest BCUT2D eigenvalue weighted by Crippen LogP contribution is -2.06. The lowest BCUT2D eigenvalue weighted by atomic mass is 10.1. The zero-order valence-corrected chi connectivity index (χ0v) is 16.2. The Morgan fingerprint density at radius 2 is 2.10 bits per heavy atom. The van der Waals surface area contributed by atoms with Crippen LogP contribution in [0, 0.1) is 12.7 Å². The monoisotopic (exact) mass is 435 g/mol. The fourth-order valence-corrected chi connectivity index (χ4v) is 4.80. The summed E-state index contributed by atoms with van der Waals surface area (Å²) in [6.45, 7) is 0.898. The highest BCUT2D eigenvalue weighted by Gasteiger charge is 2.27. The SMILES string of the molecule is [CH2][C@@H]1Cc2c(c(F)cc3nc(-c4cc(Cl)cc5cc(OC(F)F)cnc45)sc23)O1. The summed E-state index contributed by atoms with van der Waals surface area (Å²) in [5, 5.41) is 1.51. The number of fused-ring (bicyclic) bond motifs is 4. The van der Waals surface area contributed by atoms with Gasteiger partial charge in [-0.05, 0) is 25.1 Å². The molecule has 0 N–H and O–H groups in total. The van der Waals surface area contributed by atoms with Gasteiger partial charge in [-0.1, -0.05) is 11.6 Å². The maximum atomic E-state index is 14.4. The third kappa shape index (κ3) is 3.16. The van der Waals surface area contributed by atoms with Gasteiger partial charge in [0.05, 0.1) is 21.9 Å². The molecule has 29 heavy (non-hydrogen) atoms. The first-order valence-corrected chi connectivity index (χ1v) is 9.74. The second kappa shape index (κ2) is 6.74. The number of pyridine rings is 1. The van der Waals surface area contributed by atoms with Crippen molar-refractivity contribution in [2.75, 3.05) is 0 Å². The molecule has 4 nitrogen and oxygen atoms in total. The first kappa shape index (κ1) is 18.4. The summed E-state index contributed by atoms with van der Waals surface area (Å²) in [6.07, 6.45) is 1.36. The Hall–Kier alpha value is -2.58. The standard InChI is InChI=1S/C20H11ClF3N2O2S/c1-8-2-13-17(27-8)14(22)6-15-18(13)29-19(26-15)12-5-10(21)3-9-4-11(28-20(23)24)7-25-16(9)12/h3-8,20H,1-2H2/t8-/m1/s1. The molecule has 4 aromatic rings. The van der Waals surface area contributed by atoms with E-state index in [1.807, 2.05) is 0 Å². The molecule has 1 aliphatic heterocycles. The Bertz CT molecular complexity index is 1280. The predicted molar refractivity (Wildman–Crippen MR) is 105 cm³/mol. The van der Waals surface area contributed by atoms with Crippen LogP contribution >= 0.6 is 22.9 Å². The van der Waals surface area contributed by atoms with E-state index in [-0.39, 0.29) is 17.6 Å². The number of ether oxygens (including phenoxy) is 2. The normalized spacial score (nSPS) is 15.9. The van der Waals surface area contributed by atoms with Crippen LogP contribution in [-0.4, -0.2) is 22.7 Å². The number of hydrogen-bond donors (Lipinski definition) is 0. The molecule has 0 spiro atoms. The lowest BCUT2D eigenvalue weighted by Gasteiger charge is -2.08. The van der Waals surface area contributed by atoms with Crippen molar-refractivity contribution in [1.82, 2.24) is 9.97 Å². The number of halogens is 4. The van der Waals surface area contributed by atoms with Gasteiger partial charge in [0.1, 0.15) is 16.9 Å². The number of nitrogens with zero attached hydrogens (tertiary/aromatic N) is 2. The third-order valence-electron chi connectivity index (χ3n) is 4.58. The number of alkyl halides is 2. The van der Waals surface area contributed by atoms with E-state index in [1.54, 1.807) is 12.1 Å². The maximum absolute atomic E-state index is 14.4. The van der Waals surface area contributed by atoms with E-state index in [4.69, 9.17) is 16.3 Å². The van der Waals surface area contributed by atoms with Gasteiger partial charge in [0, 0.05) is 34.0 Å². The summed E-state index contributed by atoms with van der Waals surface area (Å²) < 4.78 is 50.1. The van der Waals surface area contributed by atoms with Gasteiger partial charge in [-0.15, -0.1) is 11.3 Å². The van der Waals surface area contributed by atoms with E-state index < -0.39 is 12.4 Å². The summed E-state index contributed by atoms with van der Waals surface area (Å²) in [7, 11) is 0. The Balaban J connectivity index is 1.69. The Labute approximate surface area is 171 Å². The highest BCUT2D eigenvalue weighted by Crippen LogP contribution is 2.43. The van der Waals surface area contributed by atoms with Crippen molar-refractivity contribution in [3.8, 4) is 22.1 Å². The van der Waals surface area contributed by atoms with Crippen molar-refractivity contribution in [3.63, 3.8) is 0 Å². The van der Waals surface area contributed by atoms with Crippen molar-refractivity contribution in [3.05, 3.63) is 53.8 Å². The molecule has 0 fully saturated rings. The van der Waals surface area contributed by atoms with E-state index in [9.17, 15) is 13.2 Å². The van der Waals surface area contributed by atoms with E-state index in [0.717, 1.165) is 10.3 Å². The van der Waals surface area contributed by atoms with Gasteiger partial charge in [-0.2, -0.15) is 8.78 Å². The highest BCUT2D eigenvalue weighted by molar-refractivity contribution is 7.22. The minimum absolute atomic E-state index is 0.0662. The van der Waals surface area contributed by atoms with E-state index in [1.165, 1.54) is 29.7 Å². The van der Waals surface area contributed by atoms with Crippen LogP contribution in [0.15, 0.2) is 30.5 Å². The summed E-state index contributed by atoms with van der Waals surface area (Å²) in [4.78, 5) is 8.83. The van der Waals surface area contributed by atoms with Gasteiger partial charge in [0.2, 0.25) is 0 Å². The van der Waals surface area contributed by atoms with Crippen molar-refractivity contribution in [2.45, 2.75) is 19.1 Å². The fraction of sp³-hybridized carbons (Fsp3) is 0.150. The first-order valence-electron chi connectivity index (χ1n) is 8.55. The van der Waals surface area contributed by atoms with Crippen molar-refractivity contribution < 1.29 is 22.6 Å². The molecule has 1 radical (unpaired) electrons. The minimum Gasteiger partial charge on any atom is -0.487 e. The number of benzene rings is 2. The molecule has 0 saturated carbocycles. The highest BCUT2D eigenvalue weighted by atomic mass is 35.5. The quantitative estimate of drug-likeness (QED) is 0.393. The molecule has 147 valence electrons. The van der Waals surface area contributed by atoms with E-state index in [2.05, 4.69) is 21.6 Å². The van der Waals surface area contributed by atoms with Crippen LogP contribution in [0.2, 0.25) is 5.02 Å². The second-order valence-corrected chi connectivity index (χ2v) is 7.99. The number of aromatic nitrogens is 2. The number of thiazole rings is 1. The van der Waals surface area contributed by atoms with Gasteiger partial charge in [0.25, 0.3) is 0 Å². The van der Waals surface area contributed by atoms with Gasteiger partial charge in [0.15, 0.2) is 11.6 Å². The molecule has 1 aliphatic rings. The molecule has 3 heterocycles. The maximum Gasteiger partial charge on any atom is 0.387 e. The van der Waals surface area contributed by atoms with Gasteiger partial charge in [-0.3, -0.25) is 4.98 Å². The zero-order chi connectivity index (χ0) is 20.3. The van der Waals surface area contributed by atoms with Crippen LogP contribution in [0.3, 0.4) is 0 Å². The summed E-state index contributed by atoms with van der Waals surface area (Å²) in [5.41, 5.74) is 2.40. The molecule has 0 saturated heterocycles. The molecule has 1 atom stereocenters. The Morgan fingerprint density at radius 3 is 2.90 bits per heavy atom. The topological polar surface area (TPSA) is 44.2 Å². The van der Waals surface area contributed by atoms with E-state index >= 15 is 0 Å². The van der Waals surface area contributed by atoms with Gasteiger partial charge in [-0.25, -0.2) is 9.37 Å². The van der Waals surface area contributed by atoms with Crippen LogP contribution in [0.25, 0.3) is 31.7 Å². The van der Waals surface area contributed by atoms with Gasteiger partial charge < -0.3 is 9.47 Å². The Morgan fingerprint density at radius 1 is 1.28 bits per heavy atom. The molecule has 0 aliphatic carbocycles. The Kier molecular flexibility index (Phi) is 4.29. The molecule has 0 unspecified atom stereocenters. The smallest absolute Gasteiger partial charge is 0.387 e. The predicted octanol–water partition coefficient (Wildman–Crippen LogP) is 6.04. The lowest BCUT2D eigenvalue weighted by molar-refractivity contribution is -0.0499. The van der Waals surface area contributed by atoms with E-state index in [0.29, 0.717) is 38.4 Å². The number of hydrogen-bond acceptors (Lipinski definition) is 5. The second-order valence-electron chi connectivity index (χ2n) is 6.55. The van der Waals surface area contributed by atoms with Gasteiger partial charge >= 0.3 is 6.61 Å². The molecule has 2 aromatic carbocycles. The molecular weight excluding hydrogens is 425 g/mol. The largest absolute Gasteiger partial charge is 0.487 e. The molecule has 9 heteroatoms. The van der Waals surface area contributed by atoms with Crippen molar-refractivity contribution in [2.24, 2.45) is 0 Å². The van der Waals surface area contributed by atoms with Crippen LogP contribution in [0.4, 0.5) is 13.2 Å². The molecule has 0 amide bonds. The summed E-state index contributed by atoms with van der Waals surface area (Å²) in [5.74, 6) is -0.322. The first-order chi connectivity index (χ1) is 13.9. The van der Waals surface area contributed by atoms with Crippen LogP contribution < -0.4 is 9.47 Å². The zero-order valence-electron chi connectivity index (χ0n) is 14.6. The van der Waals surface area contributed by atoms with Crippen LogP contribution in [-0.2, 0) is 6.42 Å². The fourth-order valence-electron chi connectivity index (χ4n) is 3.47. The molecular formula is C20H11ClF3N2O2S. The van der Waals surface area contributed by atoms with Crippen LogP contribution in [0.1, 0.15) is 5.56 Å². The minimum atomic E-state index is -2.95. The average molecular weight is 436 g/mol. The average Bonchev–Trinajstić information content (AvgIpc) is 3.23. The number of rotatable bonds is 3. The molecule has 0 bridgehead atoms.